The molecule has 0 spiro atoms. The molecule has 0 radical (unpaired) electrons. The van der Waals surface area contributed by atoms with Gasteiger partial charge in [-0.05, 0) is 27.7 Å². The van der Waals surface area contributed by atoms with E-state index in [0.29, 0.717) is 11.8 Å². The molecule has 0 aliphatic heterocycles. The number of hydrogen-bond acceptors (Lipinski definition) is 4. The van der Waals surface area contributed by atoms with E-state index in [-0.39, 0.29) is 41.7 Å². The molecule has 27 heavy (non-hydrogen) atoms. The van der Waals surface area contributed by atoms with Crippen LogP contribution in [0.2, 0.25) is 0 Å². The molecule has 0 saturated heterocycles. The van der Waals surface area contributed by atoms with Gasteiger partial charge in [-0.15, -0.1) is 0 Å². The molecule has 1 amide bonds. The van der Waals surface area contributed by atoms with Crippen LogP contribution in [-0.4, -0.2) is 41.8 Å². The van der Waals surface area contributed by atoms with Gasteiger partial charge in [0.15, 0.2) is 0 Å². The molecule has 0 fully saturated rings. The third-order valence-corrected chi connectivity index (χ3v) is 3.58. The molecular weight excluding hydrogens is 342 g/mol. The lowest BCUT2D eigenvalue weighted by molar-refractivity contribution is -0.151. The Bertz CT molecular complexity index is 414. The summed E-state index contributed by atoms with van der Waals surface area (Å²) in [4.78, 5) is 34.6. The fourth-order valence-corrected chi connectivity index (χ4v) is 1.70. The first kappa shape index (κ1) is 30.3. The van der Waals surface area contributed by atoms with Crippen LogP contribution in [0.15, 0.2) is 0 Å². The Labute approximate surface area is 168 Å². The van der Waals surface area contributed by atoms with Gasteiger partial charge >= 0.3 is 5.97 Å². The van der Waals surface area contributed by atoms with Crippen LogP contribution in [0.3, 0.4) is 0 Å². The molecule has 0 heterocycles. The molecule has 0 N–H and O–H groups in total. The van der Waals surface area contributed by atoms with Crippen molar-refractivity contribution in [3.05, 3.63) is 0 Å². The van der Waals surface area contributed by atoms with E-state index in [2.05, 4.69) is 0 Å². The summed E-state index contributed by atoms with van der Waals surface area (Å²) in [6.07, 6.45) is 0.0138. The quantitative estimate of drug-likeness (QED) is 0.604. The van der Waals surface area contributed by atoms with Crippen molar-refractivity contribution in [1.82, 2.24) is 4.90 Å². The van der Waals surface area contributed by atoms with Crippen LogP contribution in [0.1, 0.15) is 83.1 Å². The van der Waals surface area contributed by atoms with E-state index in [4.69, 9.17) is 4.74 Å². The molecule has 0 aromatic heterocycles. The molecule has 5 nitrogen and oxygen atoms in total. The SMILES string of the molecule is CC(C)C(=O)C(C)C.CC(C)C(=O)N(C)C(C)C.CC(C)OC(=O)C(C)C. The lowest BCUT2D eigenvalue weighted by Crippen LogP contribution is -2.35. The monoisotopic (exact) mass is 387 g/mol. The van der Waals surface area contributed by atoms with E-state index in [1.54, 1.807) is 4.90 Å². The summed E-state index contributed by atoms with van der Waals surface area (Å²) in [5.41, 5.74) is 0. The van der Waals surface area contributed by atoms with Gasteiger partial charge < -0.3 is 9.64 Å². The summed E-state index contributed by atoms with van der Waals surface area (Å²) in [5.74, 6) is 0.967. The van der Waals surface area contributed by atoms with Crippen LogP contribution >= 0.6 is 0 Å². The fraction of sp³-hybridized carbons (Fsp3) is 0.864. The molecule has 0 aliphatic rings. The van der Waals surface area contributed by atoms with Crippen molar-refractivity contribution in [1.29, 1.82) is 0 Å². The van der Waals surface area contributed by atoms with E-state index < -0.39 is 0 Å². The second-order valence-corrected chi connectivity index (χ2v) is 8.55. The van der Waals surface area contributed by atoms with Gasteiger partial charge in [-0.2, -0.15) is 0 Å². The first-order chi connectivity index (χ1) is 12.1. The molecule has 0 unspecified atom stereocenters. The van der Waals surface area contributed by atoms with Crippen molar-refractivity contribution < 1.29 is 19.1 Å². The Morgan fingerprint density at radius 3 is 1.07 bits per heavy atom. The largest absolute Gasteiger partial charge is 0.463 e. The van der Waals surface area contributed by atoms with Crippen molar-refractivity contribution in [3.8, 4) is 0 Å². The van der Waals surface area contributed by atoms with Gasteiger partial charge in [0.25, 0.3) is 0 Å². The van der Waals surface area contributed by atoms with Crippen molar-refractivity contribution >= 4 is 17.7 Å². The molecule has 0 saturated carbocycles. The zero-order valence-corrected chi connectivity index (χ0v) is 20.0. The van der Waals surface area contributed by atoms with Crippen molar-refractivity contribution in [2.75, 3.05) is 7.05 Å². The van der Waals surface area contributed by atoms with Crippen LogP contribution in [0.25, 0.3) is 0 Å². The third-order valence-electron chi connectivity index (χ3n) is 3.58. The van der Waals surface area contributed by atoms with Gasteiger partial charge in [-0.1, -0.05) is 55.4 Å². The minimum Gasteiger partial charge on any atom is -0.463 e. The predicted octanol–water partition coefficient (Wildman–Crippen LogP) is 4.97. The molecule has 0 rings (SSSR count). The molecular formula is C22H45NO4. The first-order valence-corrected chi connectivity index (χ1v) is 10.1. The number of carbonyl (C=O) groups excluding carboxylic acids is 3. The standard InChI is InChI=1S/C8H17NO.C7H14O2.C7H14O/c1-6(2)8(10)9(5)7(3)4;1-5(2)7(8)9-6(3)4;1-5(2)7(8)6(3)4/h6-7H,1-5H3;5-6H,1-4H3;5-6H,1-4H3. The number of nitrogens with zero attached hydrogens (tertiary/aromatic N) is 1. The topological polar surface area (TPSA) is 63.7 Å². The van der Waals surface area contributed by atoms with Gasteiger partial charge in [0, 0.05) is 30.8 Å². The van der Waals surface area contributed by atoms with Crippen LogP contribution in [0.4, 0.5) is 0 Å². The third kappa shape index (κ3) is 17.8. The number of ketones is 1. The van der Waals surface area contributed by atoms with Crippen LogP contribution < -0.4 is 0 Å². The lowest BCUT2D eigenvalue weighted by atomic mass is 9.99. The number of ether oxygens (including phenoxy) is 1. The zero-order valence-electron chi connectivity index (χ0n) is 20.0. The molecule has 162 valence electrons. The zero-order chi connectivity index (χ0) is 22.5. The van der Waals surface area contributed by atoms with Crippen molar-refractivity contribution in [2.24, 2.45) is 23.7 Å². The summed E-state index contributed by atoms with van der Waals surface area (Å²) in [6, 6.07) is 0.315. The number of amides is 1. The van der Waals surface area contributed by atoms with E-state index in [1.807, 2.05) is 90.1 Å². The van der Waals surface area contributed by atoms with E-state index in [9.17, 15) is 14.4 Å². The predicted molar refractivity (Wildman–Crippen MR) is 113 cm³/mol. The molecule has 5 heteroatoms. The van der Waals surface area contributed by atoms with Gasteiger partial charge in [0.05, 0.1) is 12.0 Å². The average Bonchev–Trinajstić information content (AvgIpc) is 2.52. The minimum absolute atomic E-state index is 0.00704. The maximum atomic E-state index is 11.2. The Morgan fingerprint density at radius 2 is 1.00 bits per heavy atom. The van der Waals surface area contributed by atoms with Crippen LogP contribution in [0.5, 0.6) is 0 Å². The van der Waals surface area contributed by atoms with E-state index in [1.165, 1.54) is 0 Å². The fourth-order valence-electron chi connectivity index (χ4n) is 1.70. The van der Waals surface area contributed by atoms with Gasteiger partial charge in [-0.3, -0.25) is 14.4 Å². The Kier molecular flexibility index (Phi) is 17.6. The lowest BCUT2D eigenvalue weighted by Gasteiger charge is -2.23. The van der Waals surface area contributed by atoms with Crippen molar-refractivity contribution in [3.63, 3.8) is 0 Å². The highest BCUT2D eigenvalue weighted by atomic mass is 16.5. The van der Waals surface area contributed by atoms with Gasteiger partial charge in [0.1, 0.15) is 5.78 Å². The first-order valence-electron chi connectivity index (χ1n) is 10.1. The van der Waals surface area contributed by atoms with E-state index >= 15 is 0 Å². The smallest absolute Gasteiger partial charge is 0.308 e. The maximum absolute atomic E-state index is 11.2. The van der Waals surface area contributed by atoms with Crippen molar-refractivity contribution in [2.45, 2.75) is 95.2 Å². The minimum atomic E-state index is -0.120. The summed E-state index contributed by atoms with van der Waals surface area (Å²) in [5, 5.41) is 0. The summed E-state index contributed by atoms with van der Waals surface area (Å²) < 4.78 is 4.87. The summed E-state index contributed by atoms with van der Waals surface area (Å²) in [6.45, 7) is 22.9. The average molecular weight is 388 g/mol. The van der Waals surface area contributed by atoms with Crippen LogP contribution in [-0.2, 0) is 19.1 Å². The summed E-state index contributed by atoms with van der Waals surface area (Å²) in [7, 11) is 1.84. The maximum Gasteiger partial charge on any atom is 0.308 e. The molecule has 0 aromatic carbocycles. The van der Waals surface area contributed by atoms with Crippen LogP contribution in [0, 0.1) is 23.7 Å². The highest BCUT2D eigenvalue weighted by molar-refractivity contribution is 5.82. The second-order valence-electron chi connectivity index (χ2n) is 8.55. The number of Topliss-reactive ketones (excluding diaryl/α,β-unsaturated/α-hetero) is 1. The Morgan fingerprint density at radius 1 is 0.630 bits per heavy atom. The highest BCUT2D eigenvalue weighted by Gasteiger charge is 2.14. The number of rotatable bonds is 6. The highest BCUT2D eigenvalue weighted by Crippen LogP contribution is 2.04. The normalized spacial score (nSPS) is 10.6. The molecule has 0 bridgehead atoms. The Balaban J connectivity index is -0.000000322. The second kappa shape index (κ2) is 15.6. The number of esters is 1. The summed E-state index contributed by atoms with van der Waals surface area (Å²) >= 11 is 0. The molecule has 0 atom stereocenters. The Hall–Kier alpha value is -1.39. The van der Waals surface area contributed by atoms with E-state index in [0.717, 1.165) is 0 Å². The van der Waals surface area contributed by atoms with Gasteiger partial charge in [0.2, 0.25) is 5.91 Å². The number of hydrogen-bond donors (Lipinski definition) is 0. The molecule has 0 aliphatic carbocycles. The molecule has 0 aromatic rings. The number of carbonyl (C=O) groups is 3. The van der Waals surface area contributed by atoms with Gasteiger partial charge in [-0.25, -0.2) is 0 Å².